The number of β-lactam (4-membered cyclic amide) rings is 1. The van der Waals surface area contributed by atoms with Crippen molar-refractivity contribution in [3.8, 4) is 0 Å². The standard InChI is InChI=1S/C22H20N4O8S2.2Na.2H/c23-18(27)13-6-8-25(9-7-13)10-14-11-35-21-15(20(29)26(21)16(14)22(30)31)24-19(28)17(36(32,33)34)12-4-2-1-3-5-12;;;;/h1-9,15,17,21H,10-11H2,(H4-,23,24,27,28,30,31,32,33,34);;;;/q;2*+1;2*-1/t15-,17-,21-;;;;/m1..../s1. The Hall–Kier alpha value is -1.75. The largest absolute Gasteiger partial charge is 1.00 e. The van der Waals surface area contributed by atoms with Crippen LogP contribution in [-0.2, 0) is 31.0 Å². The van der Waals surface area contributed by atoms with Crippen molar-refractivity contribution in [1.29, 1.82) is 0 Å². The van der Waals surface area contributed by atoms with Gasteiger partial charge in [-0.1, -0.05) is 30.3 Å². The quantitative estimate of drug-likeness (QED) is 0.118. The number of carbonyl (C=O) groups excluding carboxylic acids is 4. The minimum Gasteiger partial charge on any atom is -1.00 e. The Balaban J connectivity index is 0.00000380. The Morgan fingerprint density at radius 1 is 1.18 bits per heavy atom. The number of carboxylic acid groups (broad SMARTS) is 1. The zero-order valence-electron chi connectivity index (χ0n) is 22.4. The number of carbonyl (C=O) groups is 4. The van der Waals surface area contributed by atoms with Crippen LogP contribution in [0.5, 0.6) is 0 Å². The number of pyridine rings is 1. The van der Waals surface area contributed by atoms with Crippen LogP contribution in [0.2, 0.25) is 0 Å². The molecule has 1 aromatic carbocycles. The minimum absolute atomic E-state index is 0. The number of nitrogens with one attached hydrogen (secondary N) is 1. The molecule has 1 saturated heterocycles. The van der Waals surface area contributed by atoms with E-state index in [1.165, 1.54) is 60.6 Å². The Morgan fingerprint density at radius 3 is 2.32 bits per heavy atom. The van der Waals surface area contributed by atoms with Crippen molar-refractivity contribution in [2.75, 3.05) is 5.75 Å². The van der Waals surface area contributed by atoms with Gasteiger partial charge >= 0.3 is 59.1 Å². The molecule has 2 aromatic rings. The van der Waals surface area contributed by atoms with Gasteiger partial charge in [-0.15, -0.1) is 11.8 Å². The van der Waals surface area contributed by atoms with Gasteiger partial charge in [-0.2, -0.15) is 8.42 Å². The number of fused-ring (bicyclic) bond motifs is 1. The fourth-order valence-corrected chi connectivity index (χ4v) is 6.23. The summed E-state index contributed by atoms with van der Waals surface area (Å²) in [4.78, 5) is 49.9. The van der Waals surface area contributed by atoms with Crippen molar-refractivity contribution < 1.29 is 104 Å². The number of rotatable bonds is 8. The number of amides is 3. The number of thioether (sulfide) groups is 1. The molecule has 0 bridgehead atoms. The summed E-state index contributed by atoms with van der Waals surface area (Å²) in [5.74, 6) is -3.89. The van der Waals surface area contributed by atoms with Crippen LogP contribution in [0.4, 0.5) is 0 Å². The first-order valence-electron chi connectivity index (χ1n) is 10.5. The molecule has 4 rings (SSSR count). The molecule has 12 nitrogen and oxygen atoms in total. The van der Waals surface area contributed by atoms with E-state index in [0.29, 0.717) is 5.57 Å². The summed E-state index contributed by atoms with van der Waals surface area (Å²) in [7, 11) is -4.86. The van der Waals surface area contributed by atoms with Crippen molar-refractivity contribution in [2.24, 2.45) is 5.73 Å². The molecule has 4 N–H and O–H groups in total. The first-order chi connectivity index (χ1) is 17.0. The summed E-state index contributed by atoms with van der Waals surface area (Å²) in [5.41, 5.74) is 5.53. The van der Waals surface area contributed by atoms with Gasteiger partial charge in [0.1, 0.15) is 11.4 Å². The van der Waals surface area contributed by atoms with Crippen molar-refractivity contribution >= 4 is 45.6 Å². The van der Waals surface area contributed by atoms with Crippen LogP contribution in [0.25, 0.3) is 0 Å². The van der Waals surface area contributed by atoms with Gasteiger partial charge in [0, 0.05) is 23.5 Å². The van der Waals surface area contributed by atoms with Gasteiger partial charge in [0.15, 0.2) is 24.2 Å². The average molecular weight is 581 g/mol. The molecule has 16 heteroatoms. The summed E-state index contributed by atoms with van der Waals surface area (Å²) < 4.78 is 35.1. The van der Waals surface area contributed by atoms with Gasteiger partial charge < -0.3 is 23.8 Å². The first kappa shape index (κ1) is 32.5. The number of hydrogen-bond donors (Lipinski definition) is 3. The monoisotopic (exact) mass is 580 g/mol. The van der Waals surface area contributed by atoms with Crippen LogP contribution in [-0.4, -0.2) is 58.7 Å². The van der Waals surface area contributed by atoms with Crippen LogP contribution < -0.4 is 79.8 Å². The molecule has 3 atom stereocenters. The molecular formula is C22H22N4Na2O8S2. The van der Waals surface area contributed by atoms with E-state index in [1.54, 1.807) is 10.6 Å². The number of carboxylic acids is 1. The fourth-order valence-electron chi connectivity index (χ4n) is 4.06. The van der Waals surface area contributed by atoms with Crippen molar-refractivity contribution in [3.05, 3.63) is 77.3 Å². The van der Waals surface area contributed by atoms with Crippen LogP contribution in [0, 0.1) is 0 Å². The van der Waals surface area contributed by atoms with Crippen molar-refractivity contribution in [2.45, 2.75) is 23.2 Å². The second kappa shape index (κ2) is 13.1. The number of benzene rings is 1. The molecule has 1 fully saturated rings. The topological polar surface area (TPSA) is 191 Å². The molecule has 3 amide bonds. The molecule has 0 aliphatic carbocycles. The maximum atomic E-state index is 12.9. The van der Waals surface area contributed by atoms with Crippen molar-refractivity contribution in [1.82, 2.24) is 10.2 Å². The number of hydrogen-bond acceptors (Lipinski definition) is 8. The van der Waals surface area contributed by atoms with Crippen LogP contribution in [0.3, 0.4) is 0 Å². The third-order valence-corrected chi connectivity index (χ3v) is 8.15. The van der Waals surface area contributed by atoms with Gasteiger partial charge in [0.05, 0.1) is 17.2 Å². The zero-order valence-corrected chi connectivity index (χ0v) is 26.1. The number of primary amides is 1. The van der Waals surface area contributed by atoms with Gasteiger partial charge in [0.25, 0.3) is 16.0 Å². The summed E-state index contributed by atoms with van der Waals surface area (Å²) in [6.07, 6.45) is 3.08. The normalized spacial score (nSPS) is 19.2. The Morgan fingerprint density at radius 2 is 1.79 bits per heavy atom. The van der Waals surface area contributed by atoms with E-state index in [1.807, 2.05) is 0 Å². The van der Waals surface area contributed by atoms with E-state index in [-0.39, 0.29) is 91.1 Å². The second-order valence-electron chi connectivity index (χ2n) is 8.06. The van der Waals surface area contributed by atoms with E-state index in [4.69, 9.17) is 5.73 Å². The number of nitrogens with zero attached hydrogens (tertiary/aromatic N) is 2. The van der Waals surface area contributed by atoms with Gasteiger partial charge in [-0.25, -0.2) is 4.57 Å². The Bertz CT molecular complexity index is 1400. The Labute approximate surface area is 269 Å². The van der Waals surface area contributed by atoms with E-state index in [2.05, 4.69) is 5.32 Å². The molecule has 38 heavy (non-hydrogen) atoms. The summed E-state index contributed by atoms with van der Waals surface area (Å²) >= 11 is 1.18. The molecule has 1 aromatic heterocycles. The molecule has 3 heterocycles. The SMILES string of the molecule is NC(=O)c1cc[n+](CC2=C(C(=O)[O-])N3C(=O)[C@@H](NC(=O)[C@@H](c4ccccc4)S(=O)(=O)O)[C@H]3SC2)cc1.[H-].[H-].[Na+].[Na+]. The van der Waals surface area contributed by atoms with Gasteiger partial charge in [-0.3, -0.25) is 23.8 Å². The summed E-state index contributed by atoms with van der Waals surface area (Å²) in [6.45, 7) is 0.0850. The fraction of sp³-hybridized carbons (Fsp3) is 0.227. The van der Waals surface area contributed by atoms with E-state index >= 15 is 0 Å². The maximum Gasteiger partial charge on any atom is 1.00 e. The maximum absolute atomic E-state index is 12.9. The van der Waals surface area contributed by atoms with E-state index in [9.17, 15) is 37.3 Å². The molecule has 192 valence electrons. The van der Waals surface area contributed by atoms with Crippen LogP contribution in [0.15, 0.2) is 66.1 Å². The molecule has 0 unspecified atom stereocenters. The molecule has 0 radical (unpaired) electrons. The second-order valence-corrected chi connectivity index (χ2v) is 10.7. The molecule has 0 spiro atoms. The third kappa shape index (κ3) is 6.69. The van der Waals surface area contributed by atoms with E-state index < -0.39 is 50.5 Å². The smallest absolute Gasteiger partial charge is 1.00 e. The summed E-state index contributed by atoms with van der Waals surface area (Å²) in [6, 6.07) is 9.02. The third-order valence-electron chi connectivity index (χ3n) is 5.73. The van der Waals surface area contributed by atoms with Gasteiger partial charge in [-0.05, 0) is 5.56 Å². The Kier molecular flexibility index (Phi) is 11.2. The number of aliphatic carboxylic acids is 1. The molecule has 2 aliphatic rings. The summed E-state index contributed by atoms with van der Waals surface area (Å²) in [5, 5.41) is 11.5. The average Bonchev–Trinajstić information content (AvgIpc) is 2.82. The van der Waals surface area contributed by atoms with Gasteiger partial charge in [0.2, 0.25) is 11.8 Å². The predicted molar refractivity (Wildman–Crippen MR) is 125 cm³/mol. The van der Waals surface area contributed by atoms with Crippen LogP contribution in [0.1, 0.15) is 24.0 Å². The molecular weight excluding hydrogens is 558 g/mol. The predicted octanol–water partition coefficient (Wildman–Crippen LogP) is -7.66. The van der Waals surface area contributed by atoms with Crippen molar-refractivity contribution in [3.63, 3.8) is 0 Å². The molecule has 0 saturated carbocycles. The first-order valence-corrected chi connectivity index (χ1v) is 13.0. The minimum atomic E-state index is -4.86. The zero-order chi connectivity index (χ0) is 26.2. The van der Waals surface area contributed by atoms with E-state index in [0.717, 1.165) is 4.90 Å². The van der Waals surface area contributed by atoms with Crippen LogP contribution >= 0.6 is 11.8 Å². The molecule has 2 aliphatic heterocycles. The number of nitrogens with two attached hydrogens (primary N) is 1. The number of aromatic nitrogens is 1.